The van der Waals surface area contributed by atoms with Crippen molar-refractivity contribution in [2.24, 2.45) is 5.92 Å². The van der Waals surface area contributed by atoms with Gasteiger partial charge in [0.15, 0.2) is 5.13 Å². The highest BCUT2D eigenvalue weighted by Crippen LogP contribution is 2.29. The third-order valence-electron chi connectivity index (χ3n) is 4.88. The first-order valence-corrected chi connectivity index (χ1v) is 12.0. The maximum absolute atomic E-state index is 14.4. The summed E-state index contributed by atoms with van der Waals surface area (Å²) in [5, 5.41) is 7.25. The van der Waals surface area contributed by atoms with E-state index < -0.39 is 15.8 Å². The summed E-state index contributed by atoms with van der Waals surface area (Å²) in [6.07, 6.45) is 0.894. The maximum Gasteiger partial charge on any atom is 0.229 e. The number of nitrogens with zero attached hydrogens (tertiary/aromatic N) is 2. The standard InChI is InChI=1S/C19H23FN4O4S2/c1-3-30(27,28)24-8-6-13(7-9-24)18(26)23-19-22-17(11-29-19)15-5-4-14(10-16(15)20)21-12(2)25/h4-5,10-11,13H,3,6-9H2,1-2H3,(H,21,25)(H,22,23,26). The molecule has 0 aliphatic carbocycles. The molecule has 1 fully saturated rings. The van der Waals surface area contributed by atoms with Crippen molar-refractivity contribution in [3.63, 3.8) is 0 Å². The average Bonchev–Trinajstić information content (AvgIpc) is 3.15. The molecular weight excluding hydrogens is 431 g/mol. The molecule has 11 heteroatoms. The molecule has 0 unspecified atom stereocenters. The fourth-order valence-electron chi connectivity index (χ4n) is 3.24. The highest BCUT2D eigenvalue weighted by atomic mass is 32.2. The number of nitrogens with one attached hydrogen (secondary N) is 2. The summed E-state index contributed by atoms with van der Waals surface area (Å²) in [7, 11) is -3.24. The van der Waals surface area contributed by atoms with E-state index >= 15 is 0 Å². The second-order valence-electron chi connectivity index (χ2n) is 6.98. The number of rotatable bonds is 6. The number of halogens is 1. The van der Waals surface area contributed by atoms with Crippen molar-refractivity contribution in [1.82, 2.24) is 9.29 Å². The molecule has 2 aromatic rings. The average molecular weight is 455 g/mol. The minimum atomic E-state index is -3.24. The summed E-state index contributed by atoms with van der Waals surface area (Å²) in [5.74, 6) is -1.29. The van der Waals surface area contributed by atoms with Gasteiger partial charge < -0.3 is 10.6 Å². The van der Waals surface area contributed by atoms with Crippen molar-refractivity contribution in [2.75, 3.05) is 29.5 Å². The Labute approximate surface area is 178 Å². The molecule has 1 aliphatic rings. The van der Waals surface area contributed by atoms with Crippen LogP contribution in [0.2, 0.25) is 0 Å². The van der Waals surface area contributed by atoms with Crippen LogP contribution in [-0.2, 0) is 19.6 Å². The number of piperidine rings is 1. The van der Waals surface area contributed by atoms with Gasteiger partial charge in [0.1, 0.15) is 5.82 Å². The second kappa shape index (κ2) is 9.19. The zero-order valence-corrected chi connectivity index (χ0v) is 18.3. The third kappa shape index (κ3) is 5.21. The Morgan fingerprint density at radius 2 is 1.97 bits per heavy atom. The smallest absolute Gasteiger partial charge is 0.229 e. The normalized spacial score (nSPS) is 15.7. The monoisotopic (exact) mass is 454 g/mol. The Morgan fingerprint density at radius 1 is 1.27 bits per heavy atom. The molecule has 1 aliphatic heterocycles. The maximum atomic E-state index is 14.4. The van der Waals surface area contributed by atoms with Crippen LogP contribution in [0.3, 0.4) is 0 Å². The molecule has 162 valence electrons. The fourth-order valence-corrected chi connectivity index (χ4v) is 5.09. The summed E-state index contributed by atoms with van der Waals surface area (Å²) < 4.78 is 39.7. The Balaban J connectivity index is 1.62. The summed E-state index contributed by atoms with van der Waals surface area (Å²) in [5.41, 5.74) is 0.994. The van der Waals surface area contributed by atoms with Gasteiger partial charge in [0.05, 0.1) is 11.4 Å². The van der Waals surface area contributed by atoms with Crippen LogP contribution in [0, 0.1) is 11.7 Å². The van der Waals surface area contributed by atoms with Gasteiger partial charge in [-0.25, -0.2) is 22.1 Å². The first-order chi connectivity index (χ1) is 14.2. The van der Waals surface area contributed by atoms with E-state index in [1.54, 1.807) is 18.4 Å². The van der Waals surface area contributed by atoms with E-state index in [2.05, 4.69) is 15.6 Å². The van der Waals surface area contributed by atoms with Gasteiger partial charge in [-0.15, -0.1) is 11.3 Å². The van der Waals surface area contributed by atoms with Gasteiger partial charge in [0.25, 0.3) is 0 Å². The quantitative estimate of drug-likeness (QED) is 0.698. The van der Waals surface area contributed by atoms with Gasteiger partial charge in [-0.3, -0.25) is 9.59 Å². The Bertz CT molecular complexity index is 1050. The number of hydrogen-bond donors (Lipinski definition) is 2. The molecule has 2 amide bonds. The Kier molecular flexibility index (Phi) is 6.84. The van der Waals surface area contributed by atoms with Crippen LogP contribution in [0.1, 0.15) is 26.7 Å². The zero-order chi connectivity index (χ0) is 21.9. The van der Waals surface area contributed by atoms with Crippen molar-refractivity contribution in [3.05, 3.63) is 29.4 Å². The number of amides is 2. The Morgan fingerprint density at radius 3 is 2.57 bits per heavy atom. The highest BCUT2D eigenvalue weighted by molar-refractivity contribution is 7.89. The first kappa shape index (κ1) is 22.3. The van der Waals surface area contributed by atoms with Crippen LogP contribution in [0.4, 0.5) is 15.2 Å². The van der Waals surface area contributed by atoms with E-state index in [4.69, 9.17) is 0 Å². The lowest BCUT2D eigenvalue weighted by Gasteiger charge is -2.30. The lowest BCUT2D eigenvalue weighted by atomic mass is 9.97. The molecular formula is C19H23FN4O4S2. The van der Waals surface area contributed by atoms with E-state index in [0.717, 1.165) is 0 Å². The molecule has 0 saturated carbocycles. The number of benzene rings is 1. The lowest BCUT2D eigenvalue weighted by molar-refractivity contribution is -0.121. The number of thiazole rings is 1. The zero-order valence-electron chi connectivity index (χ0n) is 16.6. The number of carbonyl (C=O) groups excluding carboxylic acids is 2. The predicted octanol–water partition coefficient (Wildman–Crippen LogP) is 2.91. The van der Waals surface area contributed by atoms with E-state index in [-0.39, 0.29) is 29.0 Å². The lowest BCUT2D eigenvalue weighted by Crippen LogP contribution is -2.42. The van der Waals surface area contributed by atoms with Crippen LogP contribution in [0.5, 0.6) is 0 Å². The molecule has 2 N–H and O–H groups in total. The van der Waals surface area contributed by atoms with Crippen molar-refractivity contribution in [2.45, 2.75) is 26.7 Å². The van der Waals surface area contributed by atoms with E-state index in [0.29, 0.717) is 42.4 Å². The fraction of sp³-hybridized carbons (Fsp3) is 0.421. The van der Waals surface area contributed by atoms with E-state index in [9.17, 15) is 22.4 Å². The summed E-state index contributed by atoms with van der Waals surface area (Å²) in [4.78, 5) is 27.9. The summed E-state index contributed by atoms with van der Waals surface area (Å²) >= 11 is 1.18. The van der Waals surface area contributed by atoms with Crippen LogP contribution in [0.15, 0.2) is 23.6 Å². The Hall–Kier alpha value is -2.37. The topological polar surface area (TPSA) is 108 Å². The van der Waals surface area contributed by atoms with Gasteiger partial charge in [0.2, 0.25) is 21.8 Å². The molecule has 0 bridgehead atoms. The number of anilines is 2. The molecule has 1 aromatic carbocycles. The number of hydrogen-bond acceptors (Lipinski definition) is 6. The molecule has 1 saturated heterocycles. The minimum Gasteiger partial charge on any atom is -0.326 e. The summed E-state index contributed by atoms with van der Waals surface area (Å²) in [6, 6.07) is 4.31. The third-order valence-corrected chi connectivity index (χ3v) is 7.52. The first-order valence-electron chi connectivity index (χ1n) is 9.51. The molecule has 0 spiro atoms. The van der Waals surface area contributed by atoms with Crippen LogP contribution in [0.25, 0.3) is 11.3 Å². The molecule has 0 radical (unpaired) electrons. The van der Waals surface area contributed by atoms with Crippen LogP contribution in [-0.4, -0.2) is 48.4 Å². The predicted molar refractivity (Wildman–Crippen MR) is 114 cm³/mol. The molecule has 30 heavy (non-hydrogen) atoms. The van der Waals surface area contributed by atoms with Crippen molar-refractivity contribution >= 4 is 44.0 Å². The molecule has 8 nitrogen and oxygen atoms in total. The van der Waals surface area contributed by atoms with Crippen LogP contribution >= 0.6 is 11.3 Å². The molecule has 1 aromatic heterocycles. The number of sulfonamides is 1. The van der Waals surface area contributed by atoms with Crippen molar-refractivity contribution in [3.8, 4) is 11.3 Å². The van der Waals surface area contributed by atoms with Gasteiger partial charge in [-0.1, -0.05) is 0 Å². The highest BCUT2D eigenvalue weighted by Gasteiger charge is 2.30. The SMILES string of the molecule is CCS(=O)(=O)N1CCC(C(=O)Nc2nc(-c3ccc(NC(C)=O)cc3F)cs2)CC1. The molecule has 0 atom stereocenters. The van der Waals surface area contributed by atoms with E-state index in [1.807, 2.05) is 0 Å². The van der Waals surface area contributed by atoms with E-state index in [1.165, 1.54) is 34.7 Å². The van der Waals surface area contributed by atoms with Gasteiger partial charge in [-0.05, 0) is 38.0 Å². The number of aromatic nitrogens is 1. The van der Waals surface area contributed by atoms with Crippen molar-refractivity contribution in [1.29, 1.82) is 0 Å². The largest absolute Gasteiger partial charge is 0.326 e. The van der Waals surface area contributed by atoms with Gasteiger partial charge >= 0.3 is 0 Å². The van der Waals surface area contributed by atoms with Crippen LogP contribution < -0.4 is 10.6 Å². The van der Waals surface area contributed by atoms with Crippen molar-refractivity contribution < 1.29 is 22.4 Å². The molecule has 2 heterocycles. The second-order valence-corrected chi connectivity index (χ2v) is 10.1. The van der Waals surface area contributed by atoms with Gasteiger partial charge in [0, 0.05) is 42.6 Å². The van der Waals surface area contributed by atoms with Gasteiger partial charge in [-0.2, -0.15) is 0 Å². The summed E-state index contributed by atoms with van der Waals surface area (Å²) in [6.45, 7) is 3.59. The minimum absolute atomic E-state index is 0.0497. The molecule has 3 rings (SSSR count). The number of carbonyl (C=O) groups is 2.